The summed E-state index contributed by atoms with van der Waals surface area (Å²) < 4.78 is 6.04. The van der Waals surface area contributed by atoms with Crippen LogP contribution in [0.25, 0.3) is 11.1 Å². The molecule has 1 nitrogen and oxygen atoms in total. The molecule has 1 atom stereocenters. The number of hydrogen-bond acceptors (Lipinski definition) is 1. The third-order valence-electron chi connectivity index (χ3n) is 8.22. The van der Waals surface area contributed by atoms with Crippen LogP contribution in [0.15, 0.2) is 48.5 Å². The highest BCUT2D eigenvalue weighted by Crippen LogP contribution is 2.38. The predicted molar refractivity (Wildman–Crippen MR) is 153 cm³/mol. The van der Waals surface area contributed by atoms with Gasteiger partial charge >= 0.3 is 0 Å². The summed E-state index contributed by atoms with van der Waals surface area (Å²) in [5.41, 5.74) is 4.14. The van der Waals surface area contributed by atoms with Gasteiger partial charge in [0.05, 0.1) is 6.61 Å². The number of ether oxygens (including phenoxy) is 1. The van der Waals surface area contributed by atoms with E-state index in [4.69, 9.17) is 4.74 Å². The first-order valence-corrected chi connectivity index (χ1v) is 15.0. The Morgan fingerprint density at radius 1 is 0.686 bits per heavy atom. The van der Waals surface area contributed by atoms with Crippen molar-refractivity contribution in [2.45, 2.75) is 123 Å². The number of unbranched alkanes of at least 4 members (excludes halogenated alkanes) is 7. The van der Waals surface area contributed by atoms with Gasteiger partial charge in [-0.2, -0.15) is 0 Å². The second kappa shape index (κ2) is 16.1. The molecule has 0 spiro atoms. The molecule has 194 valence electrons. The van der Waals surface area contributed by atoms with Gasteiger partial charge in [0, 0.05) is 0 Å². The van der Waals surface area contributed by atoms with Gasteiger partial charge in [0.2, 0.25) is 0 Å². The van der Waals surface area contributed by atoms with Gasteiger partial charge in [-0.1, -0.05) is 121 Å². The zero-order chi connectivity index (χ0) is 24.7. The normalized spacial score (nSPS) is 18.9. The molecule has 0 heterocycles. The first-order valence-electron chi connectivity index (χ1n) is 15.0. The van der Waals surface area contributed by atoms with Gasteiger partial charge in [-0.15, -0.1) is 0 Å². The molecule has 0 aromatic heterocycles. The zero-order valence-corrected chi connectivity index (χ0v) is 23.1. The maximum atomic E-state index is 6.04. The Kier molecular flexibility index (Phi) is 12.8. The minimum absolute atomic E-state index is 0.624. The smallest absolute Gasteiger partial charge is 0.119 e. The van der Waals surface area contributed by atoms with Crippen LogP contribution in [0.5, 0.6) is 5.75 Å². The molecule has 1 fully saturated rings. The van der Waals surface area contributed by atoms with E-state index in [1.807, 2.05) is 0 Å². The molecule has 1 unspecified atom stereocenters. The molecule has 0 radical (unpaired) electrons. The molecular formula is C34H52O. The van der Waals surface area contributed by atoms with Crippen LogP contribution >= 0.6 is 0 Å². The van der Waals surface area contributed by atoms with Gasteiger partial charge in [-0.3, -0.25) is 0 Å². The van der Waals surface area contributed by atoms with Crippen molar-refractivity contribution in [2.24, 2.45) is 11.8 Å². The average molecular weight is 477 g/mol. The van der Waals surface area contributed by atoms with E-state index >= 15 is 0 Å². The Balaban J connectivity index is 1.39. The summed E-state index contributed by atoms with van der Waals surface area (Å²) >= 11 is 0. The molecule has 1 aliphatic rings. The van der Waals surface area contributed by atoms with Crippen LogP contribution in [0, 0.1) is 11.8 Å². The third-order valence-corrected chi connectivity index (χ3v) is 8.22. The van der Waals surface area contributed by atoms with E-state index in [0.29, 0.717) is 5.92 Å². The van der Waals surface area contributed by atoms with Gasteiger partial charge < -0.3 is 4.74 Å². The van der Waals surface area contributed by atoms with Crippen molar-refractivity contribution < 1.29 is 4.74 Å². The van der Waals surface area contributed by atoms with E-state index in [0.717, 1.165) is 24.2 Å². The van der Waals surface area contributed by atoms with Crippen molar-refractivity contribution >= 4 is 0 Å². The lowest BCUT2D eigenvalue weighted by Gasteiger charge is -2.29. The topological polar surface area (TPSA) is 9.23 Å². The van der Waals surface area contributed by atoms with Crippen molar-refractivity contribution in [3.8, 4) is 16.9 Å². The average Bonchev–Trinajstić information content (AvgIpc) is 2.90. The maximum absolute atomic E-state index is 6.04. The van der Waals surface area contributed by atoms with E-state index < -0.39 is 0 Å². The first-order chi connectivity index (χ1) is 17.2. The molecule has 0 aliphatic heterocycles. The van der Waals surface area contributed by atoms with E-state index in [9.17, 15) is 0 Å². The van der Waals surface area contributed by atoms with Crippen LogP contribution in [-0.4, -0.2) is 6.61 Å². The van der Waals surface area contributed by atoms with E-state index in [1.54, 1.807) is 5.56 Å². The van der Waals surface area contributed by atoms with Gasteiger partial charge in [-0.05, 0) is 78.7 Å². The molecule has 0 amide bonds. The summed E-state index contributed by atoms with van der Waals surface area (Å²) in [6.07, 6.45) is 20.8. The van der Waals surface area contributed by atoms with Crippen molar-refractivity contribution in [1.82, 2.24) is 0 Å². The largest absolute Gasteiger partial charge is 0.493 e. The molecular weight excluding hydrogens is 424 g/mol. The Bertz CT molecular complexity index is 782. The monoisotopic (exact) mass is 476 g/mol. The summed E-state index contributed by atoms with van der Waals surface area (Å²) in [4.78, 5) is 0. The molecule has 2 aromatic carbocycles. The van der Waals surface area contributed by atoms with Gasteiger partial charge in [-0.25, -0.2) is 0 Å². The minimum Gasteiger partial charge on any atom is -0.493 e. The van der Waals surface area contributed by atoms with Crippen molar-refractivity contribution in [2.75, 3.05) is 6.61 Å². The Morgan fingerprint density at radius 3 is 1.91 bits per heavy atom. The Hall–Kier alpha value is -1.76. The summed E-state index contributed by atoms with van der Waals surface area (Å²) in [6.45, 7) is 7.68. The number of benzene rings is 2. The van der Waals surface area contributed by atoms with Crippen LogP contribution in [-0.2, 0) is 0 Å². The number of rotatable bonds is 16. The Labute approximate surface area is 217 Å². The fraction of sp³-hybridized carbons (Fsp3) is 0.647. The molecule has 0 N–H and O–H groups in total. The molecule has 35 heavy (non-hydrogen) atoms. The van der Waals surface area contributed by atoms with E-state index in [-0.39, 0.29) is 0 Å². The third kappa shape index (κ3) is 10.0. The van der Waals surface area contributed by atoms with Crippen LogP contribution in [0.1, 0.15) is 129 Å². The summed E-state index contributed by atoms with van der Waals surface area (Å²) in [7, 11) is 0. The lowest BCUT2D eigenvalue weighted by molar-refractivity contribution is 0.249. The summed E-state index contributed by atoms with van der Waals surface area (Å²) in [5.74, 6) is 3.36. The summed E-state index contributed by atoms with van der Waals surface area (Å²) in [6, 6.07) is 18.1. The first kappa shape index (κ1) is 27.8. The van der Waals surface area contributed by atoms with Crippen molar-refractivity contribution in [3.63, 3.8) is 0 Å². The lowest BCUT2D eigenvalue weighted by Crippen LogP contribution is -2.13. The van der Waals surface area contributed by atoms with Crippen LogP contribution < -0.4 is 4.74 Å². The van der Waals surface area contributed by atoms with Gasteiger partial charge in [0.1, 0.15) is 5.75 Å². The second-order valence-electron chi connectivity index (χ2n) is 11.3. The van der Waals surface area contributed by atoms with Crippen LogP contribution in [0.4, 0.5) is 0 Å². The molecule has 1 aliphatic carbocycles. The predicted octanol–water partition coefficient (Wildman–Crippen LogP) is 11.0. The highest BCUT2D eigenvalue weighted by Gasteiger charge is 2.22. The molecule has 0 bridgehead atoms. The molecule has 1 saturated carbocycles. The van der Waals surface area contributed by atoms with Gasteiger partial charge in [0.25, 0.3) is 0 Å². The summed E-state index contributed by atoms with van der Waals surface area (Å²) in [5, 5.41) is 0. The van der Waals surface area contributed by atoms with Crippen molar-refractivity contribution in [1.29, 1.82) is 0 Å². The van der Waals surface area contributed by atoms with E-state index in [2.05, 4.69) is 69.3 Å². The highest BCUT2D eigenvalue weighted by atomic mass is 16.5. The standard InChI is InChI=1S/C34H52O/c1-4-6-8-9-10-12-14-29-15-17-30(18-16-29)31-19-21-32(22-20-31)33-23-25-34(26-24-33)35-27-28(3)13-11-7-5-2/h19-26,28-30H,4-18,27H2,1-3H3. The minimum atomic E-state index is 0.624. The molecule has 3 rings (SSSR count). The zero-order valence-electron chi connectivity index (χ0n) is 23.1. The highest BCUT2D eigenvalue weighted by molar-refractivity contribution is 5.64. The van der Waals surface area contributed by atoms with E-state index in [1.165, 1.54) is 107 Å². The second-order valence-corrected chi connectivity index (χ2v) is 11.3. The molecule has 0 saturated heterocycles. The number of hydrogen-bond donors (Lipinski definition) is 0. The molecule has 2 aromatic rings. The lowest BCUT2D eigenvalue weighted by atomic mass is 9.77. The van der Waals surface area contributed by atoms with Crippen LogP contribution in [0.2, 0.25) is 0 Å². The fourth-order valence-corrected chi connectivity index (χ4v) is 5.75. The Morgan fingerprint density at radius 2 is 1.26 bits per heavy atom. The maximum Gasteiger partial charge on any atom is 0.119 e. The quantitative estimate of drug-likeness (QED) is 0.219. The van der Waals surface area contributed by atoms with Gasteiger partial charge in [0.15, 0.2) is 0 Å². The SMILES string of the molecule is CCCCCCCCC1CCC(c2ccc(-c3ccc(OCC(C)CCCCC)cc3)cc2)CC1. The fourth-order valence-electron chi connectivity index (χ4n) is 5.75. The molecule has 1 heteroatoms. The van der Waals surface area contributed by atoms with Crippen LogP contribution in [0.3, 0.4) is 0 Å². The van der Waals surface area contributed by atoms with Crippen molar-refractivity contribution in [3.05, 3.63) is 54.1 Å².